The van der Waals surface area contributed by atoms with Gasteiger partial charge < -0.3 is 21.3 Å². The molecule has 4 N–H and O–H groups in total. The van der Waals surface area contributed by atoms with Crippen molar-refractivity contribution >= 4 is 78.1 Å². The second kappa shape index (κ2) is 9.85. The molecule has 4 aliphatic rings. The summed E-state index contributed by atoms with van der Waals surface area (Å²) in [5.74, 6) is -1.30. The van der Waals surface area contributed by atoms with Crippen molar-refractivity contribution in [3.8, 4) is 0 Å². The van der Waals surface area contributed by atoms with Crippen LogP contribution in [0.1, 0.15) is 67.1 Å². The van der Waals surface area contributed by atoms with Gasteiger partial charge in [-0.15, -0.1) is 0 Å². The Morgan fingerprint density at radius 2 is 0.848 bits per heavy atom. The van der Waals surface area contributed by atoms with Crippen molar-refractivity contribution in [3.05, 3.63) is 58.7 Å². The number of amides is 4. The number of anilines is 2. The molecule has 10 heteroatoms. The zero-order valence-electron chi connectivity index (χ0n) is 25.5. The molecule has 0 unspecified atom stereocenters. The molecule has 0 radical (unpaired) electrons. The van der Waals surface area contributed by atoms with Crippen molar-refractivity contribution in [1.29, 1.82) is 0 Å². The van der Waals surface area contributed by atoms with E-state index < -0.39 is 0 Å². The van der Waals surface area contributed by atoms with Crippen LogP contribution in [-0.2, 0) is 0 Å². The van der Waals surface area contributed by atoms with Gasteiger partial charge in [-0.1, -0.05) is 12.1 Å². The molecule has 0 saturated carbocycles. The van der Waals surface area contributed by atoms with Gasteiger partial charge in [-0.25, -0.2) is 0 Å². The Hall–Kier alpha value is -4.80. The second-order valence-corrected chi connectivity index (χ2v) is 12.9. The van der Waals surface area contributed by atoms with E-state index in [0.29, 0.717) is 33.0 Å². The van der Waals surface area contributed by atoms with Gasteiger partial charge in [0.05, 0.1) is 11.1 Å². The smallest absolute Gasteiger partial charge is 0.261 e. The standard InChI is InChI=1S/C36H34N6O4/c37-9-15-41-33(43)21-8-6-20-30-26(40-13-3-4-14-40)18-24-28-22(34(44)42(16-10-38)36(24)46)7-5-19(32(28)30)29-25(39-11-1-2-12-39)17-23(35(41)45)27(21)31(20)29/h5-8,17-18H,1-4,9-16,37-38H2. The predicted molar refractivity (Wildman–Crippen MR) is 179 cm³/mol. The lowest BCUT2D eigenvalue weighted by atomic mass is 9.80. The lowest BCUT2D eigenvalue weighted by Crippen LogP contribution is -2.43. The number of carbonyl (C=O) groups is 4. The molecular weight excluding hydrogens is 580 g/mol. The van der Waals surface area contributed by atoms with Crippen LogP contribution in [0.2, 0.25) is 0 Å². The maximum Gasteiger partial charge on any atom is 0.261 e. The lowest BCUT2D eigenvalue weighted by Gasteiger charge is -2.33. The van der Waals surface area contributed by atoms with Gasteiger partial charge in [-0.3, -0.25) is 29.0 Å². The average Bonchev–Trinajstić information content (AvgIpc) is 3.81. The maximum absolute atomic E-state index is 14.0. The summed E-state index contributed by atoms with van der Waals surface area (Å²) in [6.45, 7) is 4.08. The molecule has 46 heavy (non-hydrogen) atoms. The van der Waals surface area contributed by atoms with Crippen LogP contribution in [0.25, 0.3) is 43.1 Å². The van der Waals surface area contributed by atoms with E-state index >= 15 is 0 Å². The van der Waals surface area contributed by atoms with Gasteiger partial charge in [0.1, 0.15) is 0 Å². The number of benzene rings is 5. The van der Waals surface area contributed by atoms with E-state index in [1.54, 1.807) is 0 Å². The summed E-state index contributed by atoms with van der Waals surface area (Å²) in [5.41, 5.74) is 15.6. The van der Waals surface area contributed by atoms with E-state index in [4.69, 9.17) is 11.5 Å². The summed E-state index contributed by atoms with van der Waals surface area (Å²) in [7, 11) is 0. The van der Waals surface area contributed by atoms with Gasteiger partial charge in [0.25, 0.3) is 23.6 Å². The van der Waals surface area contributed by atoms with E-state index in [1.807, 2.05) is 36.4 Å². The topological polar surface area (TPSA) is 133 Å². The number of rotatable bonds is 6. The van der Waals surface area contributed by atoms with E-state index in [2.05, 4.69) is 9.80 Å². The first-order chi connectivity index (χ1) is 22.4. The molecule has 0 bridgehead atoms. The molecule has 4 heterocycles. The van der Waals surface area contributed by atoms with Crippen molar-refractivity contribution < 1.29 is 19.2 Å². The second-order valence-electron chi connectivity index (χ2n) is 12.9. The molecule has 0 aromatic heterocycles. The number of nitrogens with zero attached hydrogens (tertiary/aromatic N) is 4. The van der Waals surface area contributed by atoms with Crippen LogP contribution in [0.5, 0.6) is 0 Å². The van der Waals surface area contributed by atoms with Crippen molar-refractivity contribution in [3.63, 3.8) is 0 Å². The zero-order chi connectivity index (χ0) is 31.4. The SMILES string of the molecule is NCCN1C(=O)c2ccc3c4c(N5CCCC5)cc5c6c(ccc(c7c(N8CCCC8)cc(c2c37)C1=O)c64)C(=O)N(CCN)C5=O. The fourth-order valence-electron chi connectivity index (χ4n) is 8.60. The van der Waals surface area contributed by atoms with Crippen LogP contribution in [0, 0.1) is 0 Å². The molecule has 2 fully saturated rings. The third-order valence-electron chi connectivity index (χ3n) is 10.6. The van der Waals surface area contributed by atoms with Crippen LogP contribution >= 0.6 is 0 Å². The van der Waals surface area contributed by atoms with Crippen molar-refractivity contribution in [2.75, 3.05) is 62.2 Å². The van der Waals surface area contributed by atoms with Crippen LogP contribution in [-0.4, -0.2) is 85.8 Å². The fourth-order valence-corrected chi connectivity index (χ4v) is 8.60. The fraction of sp³-hybridized carbons (Fsp3) is 0.333. The lowest BCUT2D eigenvalue weighted by molar-refractivity contribution is 0.0600. The van der Waals surface area contributed by atoms with Gasteiger partial charge in [0.2, 0.25) is 0 Å². The quantitative estimate of drug-likeness (QED) is 0.166. The first-order valence-electron chi connectivity index (χ1n) is 16.3. The third-order valence-corrected chi connectivity index (χ3v) is 10.6. The van der Waals surface area contributed by atoms with Gasteiger partial charge >= 0.3 is 0 Å². The molecule has 10 nitrogen and oxygen atoms in total. The van der Waals surface area contributed by atoms with Crippen molar-refractivity contribution in [1.82, 2.24) is 9.80 Å². The molecule has 232 valence electrons. The summed E-state index contributed by atoms with van der Waals surface area (Å²) in [6, 6.07) is 11.6. The molecule has 0 aliphatic carbocycles. The summed E-state index contributed by atoms with van der Waals surface area (Å²) in [4.78, 5) is 62.9. The van der Waals surface area contributed by atoms with Crippen LogP contribution < -0.4 is 21.3 Å². The number of hydrogen-bond donors (Lipinski definition) is 2. The van der Waals surface area contributed by atoms with Crippen LogP contribution in [0.3, 0.4) is 0 Å². The summed E-state index contributed by atoms with van der Waals surface area (Å²) >= 11 is 0. The number of imide groups is 2. The summed E-state index contributed by atoms with van der Waals surface area (Å²) in [5, 5.41) is 6.88. The maximum atomic E-state index is 14.0. The molecule has 4 aliphatic heterocycles. The molecule has 5 aromatic rings. The van der Waals surface area contributed by atoms with Gasteiger partial charge in [-0.05, 0) is 60.7 Å². The highest BCUT2D eigenvalue weighted by Crippen LogP contribution is 2.52. The molecular formula is C36H34N6O4. The number of carbonyl (C=O) groups excluding carboxylic acids is 4. The van der Waals surface area contributed by atoms with Gasteiger partial charge in [-0.2, -0.15) is 0 Å². The number of hydrogen-bond acceptors (Lipinski definition) is 8. The molecule has 0 spiro atoms. The Bertz CT molecular complexity index is 2040. The highest BCUT2D eigenvalue weighted by atomic mass is 16.2. The predicted octanol–water partition coefficient (Wildman–Crippen LogP) is 4.05. The first-order valence-corrected chi connectivity index (χ1v) is 16.3. The number of fused-ring (bicyclic) bond motifs is 2. The minimum atomic E-state index is -0.332. The third kappa shape index (κ3) is 3.43. The minimum absolute atomic E-state index is 0.150. The van der Waals surface area contributed by atoms with E-state index in [1.165, 1.54) is 9.80 Å². The van der Waals surface area contributed by atoms with Crippen LogP contribution in [0.4, 0.5) is 11.4 Å². The van der Waals surface area contributed by atoms with E-state index in [0.717, 1.165) is 95.6 Å². The largest absolute Gasteiger partial charge is 0.371 e. The Kier molecular flexibility index (Phi) is 5.89. The van der Waals surface area contributed by atoms with E-state index in [-0.39, 0.29) is 49.8 Å². The normalized spacial score (nSPS) is 18.3. The Labute approximate surface area is 264 Å². The Balaban J connectivity index is 1.50. The number of nitrogens with two attached hydrogens (primary N) is 2. The highest BCUT2D eigenvalue weighted by molar-refractivity contribution is 6.44. The molecule has 9 rings (SSSR count). The van der Waals surface area contributed by atoms with Gasteiger partial charge in [0, 0.05) is 107 Å². The van der Waals surface area contributed by atoms with Crippen molar-refractivity contribution in [2.45, 2.75) is 25.7 Å². The highest BCUT2D eigenvalue weighted by Gasteiger charge is 2.39. The molecule has 5 aromatic carbocycles. The summed E-state index contributed by atoms with van der Waals surface area (Å²) in [6.07, 6.45) is 4.17. The van der Waals surface area contributed by atoms with Gasteiger partial charge in [0.15, 0.2) is 0 Å². The average molecular weight is 615 g/mol. The molecule has 2 saturated heterocycles. The zero-order valence-corrected chi connectivity index (χ0v) is 25.5. The monoisotopic (exact) mass is 614 g/mol. The Morgan fingerprint density at radius 1 is 0.478 bits per heavy atom. The minimum Gasteiger partial charge on any atom is -0.371 e. The van der Waals surface area contributed by atoms with Crippen molar-refractivity contribution in [2.24, 2.45) is 11.5 Å². The molecule has 4 amide bonds. The molecule has 0 atom stereocenters. The van der Waals surface area contributed by atoms with Crippen LogP contribution in [0.15, 0.2) is 36.4 Å². The summed E-state index contributed by atoms with van der Waals surface area (Å²) < 4.78 is 0. The Morgan fingerprint density at radius 3 is 1.22 bits per heavy atom. The first kappa shape index (κ1) is 27.5. The van der Waals surface area contributed by atoms with E-state index in [9.17, 15) is 19.2 Å².